The second-order valence-electron chi connectivity index (χ2n) is 6.54. The van der Waals surface area contributed by atoms with E-state index in [1.54, 1.807) is 0 Å². The van der Waals surface area contributed by atoms with Crippen LogP contribution in [0.25, 0.3) is 10.9 Å². The van der Waals surface area contributed by atoms with E-state index in [4.69, 9.17) is 0 Å². The monoisotopic (exact) mass is 421 g/mol. The third-order valence-electron chi connectivity index (χ3n) is 4.50. The van der Waals surface area contributed by atoms with Gasteiger partial charge in [-0.2, -0.15) is 0 Å². The number of benzene rings is 3. The molecule has 0 aliphatic carbocycles. The lowest BCUT2D eigenvalue weighted by Gasteiger charge is -2.06. The van der Waals surface area contributed by atoms with Gasteiger partial charge in [-0.25, -0.2) is 0 Å². The van der Waals surface area contributed by atoms with Gasteiger partial charge in [0.15, 0.2) is 0 Å². The second-order valence-corrected chi connectivity index (χ2v) is 8.48. The van der Waals surface area contributed by atoms with Crippen molar-refractivity contribution in [3.63, 3.8) is 0 Å². The van der Waals surface area contributed by atoms with E-state index in [2.05, 4.69) is 106 Å². The van der Waals surface area contributed by atoms with Crippen molar-refractivity contribution in [2.45, 2.75) is 24.1 Å². The molecule has 0 fully saturated rings. The molecule has 3 heteroatoms. The first-order valence-electron chi connectivity index (χ1n) is 8.70. The topological polar surface area (TPSA) is 4.93 Å². The van der Waals surface area contributed by atoms with E-state index in [-0.39, 0.29) is 0 Å². The molecule has 0 atom stereocenters. The largest absolute Gasteiger partial charge is 0.342 e. The number of aromatic nitrogens is 1. The summed E-state index contributed by atoms with van der Waals surface area (Å²) < 4.78 is 3.50. The molecule has 0 unspecified atom stereocenters. The Kier molecular flexibility index (Phi) is 5.18. The van der Waals surface area contributed by atoms with E-state index in [0.29, 0.717) is 0 Å². The molecule has 1 nitrogen and oxygen atoms in total. The van der Waals surface area contributed by atoms with E-state index in [9.17, 15) is 0 Å². The maximum absolute atomic E-state index is 3.50. The summed E-state index contributed by atoms with van der Waals surface area (Å²) in [5.41, 5.74) is 5.29. The van der Waals surface area contributed by atoms with Crippen molar-refractivity contribution >= 4 is 38.6 Å². The summed E-state index contributed by atoms with van der Waals surface area (Å²) >= 11 is 5.41. The first-order valence-corrected chi connectivity index (χ1v) is 10.5. The second kappa shape index (κ2) is 7.73. The van der Waals surface area contributed by atoms with Crippen LogP contribution in [-0.2, 0) is 12.3 Å². The van der Waals surface area contributed by atoms with Gasteiger partial charge >= 0.3 is 0 Å². The highest BCUT2D eigenvalue weighted by molar-refractivity contribution is 9.10. The van der Waals surface area contributed by atoms with Gasteiger partial charge in [0.25, 0.3) is 0 Å². The minimum atomic E-state index is 0.904. The number of halogens is 1. The van der Waals surface area contributed by atoms with Crippen LogP contribution in [0.15, 0.2) is 88.4 Å². The molecule has 0 aliphatic heterocycles. The molecule has 3 aromatic carbocycles. The third kappa shape index (κ3) is 3.89. The van der Waals surface area contributed by atoms with Crippen LogP contribution in [-0.4, -0.2) is 4.57 Å². The molecule has 0 spiro atoms. The molecule has 130 valence electrons. The van der Waals surface area contributed by atoms with E-state index in [1.165, 1.54) is 32.5 Å². The predicted molar refractivity (Wildman–Crippen MR) is 116 cm³/mol. The fourth-order valence-electron chi connectivity index (χ4n) is 3.21. The van der Waals surface area contributed by atoms with Crippen LogP contribution in [0.2, 0.25) is 0 Å². The van der Waals surface area contributed by atoms with Gasteiger partial charge in [-0.05, 0) is 36.2 Å². The first kappa shape index (κ1) is 17.4. The smallest absolute Gasteiger partial charge is 0.0495 e. The molecule has 1 heterocycles. The Balaban J connectivity index is 1.62. The number of aryl methyl sites for hydroxylation is 1. The molecule has 0 aliphatic rings. The lowest BCUT2D eigenvalue weighted by Crippen LogP contribution is -1.97. The van der Waals surface area contributed by atoms with Gasteiger partial charge in [0, 0.05) is 38.8 Å². The zero-order valence-corrected chi connectivity index (χ0v) is 17.1. The standard InChI is InChI=1S/C23H20BrNS/c1-17-5-4-6-19(13-17)14-25-15-23(21-7-2-3-8-22(21)25)26-16-18-9-11-20(24)12-10-18/h2-13,15H,14,16H2,1H3. The molecule has 0 N–H and O–H groups in total. The molecule has 0 amide bonds. The van der Waals surface area contributed by atoms with Crippen molar-refractivity contribution in [3.05, 3.63) is 100 Å². The van der Waals surface area contributed by atoms with E-state index in [1.807, 2.05) is 11.8 Å². The average Bonchev–Trinajstić information content (AvgIpc) is 2.99. The lowest BCUT2D eigenvalue weighted by molar-refractivity contribution is 0.829. The minimum absolute atomic E-state index is 0.904. The maximum Gasteiger partial charge on any atom is 0.0495 e. The van der Waals surface area contributed by atoms with Crippen molar-refractivity contribution in [2.24, 2.45) is 0 Å². The molecule has 4 rings (SSSR count). The zero-order chi connectivity index (χ0) is 17.9. The average molecular weight is 422 g/mol. The lowest BCUT2D eigenvalue weighted by atomic mass is 10.1. The van der Waals surface area contributed by atoms with Crippen molar-refractivity contribution in [2.75, 3.05) is 0 Å². The quantitative estimate of drug-likeness (QED) is 0.312. The summed E-state index contributed by atoms with van der Waals surface area (Å²) in [5, 5.41) is 1.34. The number of para-hydroxylation sites is 1. The number of thioether (sulfide) groups is 1. The molecule has 0 bridgehead atoms. The maximum atomic E-state index is 3.50. The van der Waals surface area contributed by atoms with Crippen molar-refractivity contribution in [3.8, 4) is 0 Å². The van der Waals surface area contributed by atoms with Gasteiger partial charge in [0.05, 0.1) is 0 Å². The SMILES string of the molecule is Cc1cccc(Cn2cc(SCc3ccc(Br)cc3)c3ccccc32)c1. The number of hydrogen-bond donors (Lipinski definition) is 0. The molecule has 4 aromatic rings. The fraction of sp³-hybridized carbons (Fsp3) is 0.130. The van der Waals surface area contributed by atoms with Crippen LogP contribution in [0.4, 0.5) is 0 Å². The Hall–Kier alpha value is -1.97. The van der Waals surface area contributed by atoms with Crippen molar-refractivity contribution in [1.82, 2.24) is 4.57 Å². The highest BCUT2D eigenvalue weighted by atomic mass is 79.9. The Morgan fingerprint density at radius 1 is 0.885 bits per heavy atom. The van der Waals surface area contributed by atoms with Gasteiger partial charge < -0.3 is 4.57 Å². The van der Waals surface area contributed by atoms with E-state index < -0.39 is 0 Å². The third-order valence-corrected chi connectivity index (χ3v) is 6.14. The Labute approximate surface area is 167 Å². The van der Waals surface area contributed by atoms with Gasteiger partial charge in [0.2, 0.25) is 0 Å². The van der Waals surface area contributed by atoms with Gasteiger partial charge in [0.1, 0.15) is 0 Å². The number of hydrogen-bond acceptors (Lipinski definition) is 1. The molecule has 26 heavy (non-hydrogen) atoms. The van der Waals surface area contributed by atoms with Gasteiger partial charge in [-0.1, -0.05) is 76.1 Å². The summed E-state index contributed by atoms with van der Waals surface area (Å²) in [6.45, 7) is 3.05. The number of nitrogens with zero attached hydrogens (tertiary/aromatic N) is 1. The fourth-order valence-corrected chi connectivity index (χ4v) is 4.52. The Bertz CT molecular complexity index is 1030. The van der Waals surface area contributed by atoms with Crippen LogP contribution in [0.1, 0.15) is 16.7 Å². The summed E-state index contributed by atoms with van der Waals surface area (Å²) in [6, 6.07) is 26.0. The minimum Gasteiger partial charge on any atom is -0.342 e. The highest BCUT2D eigenvalue weighted by Crippen LogP contribution is 2.32. The van der Waals surface area contributed by atoms with Crippen LogP contribution in [0.5, 0.6) is 0 Å². The van der Waals surface area contributed by atoms with E-state index in [0.717, 1.165) is 16.8 Å². The van der Waals surface area contributed by atoms with Gasteiger partial charge in [-0.15, -0.1) is 11.8 Å². The van der Waals surface area contributed by atoms with Crippen molar-refractivity contribution in [1.29, 1.82) is 0 Å². The predicted octanol–water partition coefficient (Wildman–Crippen LogP) is 7.05. The molecule has 0 saturated heterocycles. The van der Waals surface area contributed by atoms with Crippen LogP contribution in [0, 0.1) is 6.92 Å². The molecule has 0 saturated carbocycles. The molecule has 1 aromatic heterocycles. The number of fused-ring (bicyclic) bond motifs is 1. The van der Waals surface area contributed by atoms with Crippen LogP contribution < -0.4 is 0 Å². The van der Waals surface area contributed by atoms with Gasteiger partial charge in [-0.3, -0.25) is 0 Å². The summed E-state index contributed by atoms with van der Waals surface area (Å²) in [4.78, 5) is 1.34. The molecule has 0 radical (unpaired) electrons. The molecular weight excluding hydrogens is 402 g/mol. The normalized spacial score (nSPS) is 11.2. The summed E-state index contributed by atoms with van der Waals surface area (Å²) in [7, 11) is 0. The number of rotatable bonds is 5. The van der Waals surface area contributed by atoms with Crippen LogP contribution >= 0.6 is 27.7 Å². The molecular formula is C23H20BrNS. The summed E-state index contributed by atoms with van der Waals surface area (Å²) in [5.74, 6) is 0.978. The Morgan fingerprint density at radius 3 is 2.50 bits per heavy atom. The van der Waals surface area contributed by atoms with Crippen molar-refractivity contribution < 1.29 is 0 Å². The zero-order valence-electron chi connectivity index (χ0n) is 14.7. The van der Waals surface area contributed by atoms with Crippen LogP contribution in [0.3, 0.4) is 0 Å². The highest BCUT2D eigenvalue weighted by Gasteiger charge is 2.09. The Morgan fingerprint density at radius 2 is 1.69 bits per heavy atom. The summed E-state index contributed by atoms with van der Waals surface area (Å²) in [6.07, 6.45) is 2.30. The first-order chi connectivity index (χ1) is 12.7. The van der Waals surface area contributed by atoms with E-state index >= 15 is 0 Å².